The average Bonchev–Trinajstić information content (AvgIpc) is 2.97. The molecule has 0 aromatic carbocycles. The molecule has 3 rings (SSSR count). The van der Waals surface area contributed by atoms with Crippen molar-refractivity contribution in [1.82, 2.24) is 15.2 Å². The zero-order valence-electron chi connectivity index (χ0n) is 10.5. The summed E-state index contributed by atoms with van der Waals surface area (Å²) in [5, 5.41) is 4.27. The molecule has 0 spiro atoms. The molecule has 0 saturated heterocycles. The van der Waals surface area contributed by atoms with Crippen molar-refractivity contribution in [3.05, 3.63) is 37.7 Å². The fraction of sp³-hybridized carbons (Fsp3) is 0.417. The summed E-state index contributed by atoms with van der Waals surface area (Å²) in [4.78, 5) is 2.77. The van der Waals surface area contributed by atoms with Crippen molar-refractivity contribution >= 4 is 39.0 Å². The van der Waals surface area contributed by atoms with Gasteiger partial charge in [-0.05, 0) is 39.7 Å². The number of thioether (sulfide) groups is 1. The van der Waals surface area contributed by atoms with Crippen molar-refractivity contribution in [3.63, 3.8) is 0 Å². The van der Waals surface area contributed by atoms with E-state index in [2.05, 4.69) is 32.5 Å². The van der Waals surface area contributed by atoms with Crippen LogP contribution in [0.4, 0.5) is 0 Å². The Balaban J connectivity index is 2.01. The van der Waals surface area contributed by atoms with E-state index in [9.17, 15) is 0 Å². The largest absolute Gasteiger partial charge is 0.270 e. The van der Waals surface area contributed by atoms with Crippen LogP contribution in [-0.2, 0) is 19.2 Å². The van der Waals surface area contributed by atoms with Crippen LogP contribution in [0.1, 0.15) is 27.1 Å². The van der Waals surface area contributed by atoms with Crippen LogP contribution < -0.4 is 11.3 Å². The third-order valence-corrected chi connectivity index (χ3v) is 6.23. The highest BCUT2D eigenvalue weighted by atomic mass is 79.9. The van der Waals surface area contributed by atoms with Crippen molar-refractivity contribution in [3.8, 4) is 0 Å². The van der Waals surface area contributed by atoms with Gasteiger partial charge in [0.2, 0.25) is 0 Å². The maximum atomic E-state index is 5.78. The zero-order valence-corrected chi connectivity index (χ0v) is 13.7. The number of rotatable bonds is 3. The van der Waals surface area contributed by atoms with Gasteiger partial charge in [0.15, 0.2) is 0 Å². The Bertz CT molecular complexity index is 550. The minimum absolute atomic E-state index is 0.0116. The summed E-state index contributed by atoms with van der Waals surface area (Å²) >= 11 is 7.42. The number of nitrogens with one attached hydrogen (secondary N) is 1. The predicted molar refractivity (Wildman–Crippen MR) is 84.3 cm³/mol. The van der Waals surface area contributed by atoms with E-state index in [4.69, 9.17) is 5.84 Å². The number of nitrogens with two attached hydrogens (primary N) is 1. The smallest absolute Gasteiger partial charge is 0.0981 e. The summed E-state index contributed by atoms with van der Waals surface area (Å²) in [6, 6.07) is 2.28. The van der Waals surface area contributed by atoms with Crippen LogP contribution in [0.5, 0.6) is 0 Å². The van der Waals surface area contributed by atoms with Gasteiger partial charge in [0.1, 0.15) is 0 Å². The van der Waals surface area contributed by atoms with Gasteiger partial charge in [-0.25, -0.2) is 5.43 Å². The fourth-order valence-corrected chi connectivity index (χ4v) is 5.37. The molecule has 2 aromatic heterocycles. The molecule has 2 aromatic rings. The highest BCUT2D eigenvalue weighted by molar-refractivity contribution is 9.10. The number of hydrogen-bond acceptors (Lipinski definition) is 5. The van der Waals surface area contributed by atoms with Crippen molar-refractivity contribution in [2.75, 3.05) is 5.75 Å². The van der Waals surface area contributed by atoms with Crippen molar-refractivity contribution in [2.45, 2.75) is 18.2 Å². The summed E-state index contributed by atoms with van der Waals surface area (Å²) in [5.41, 5.74) is 5.46. The maximum Gasteiger partial charge on any atom is 0.0981 e. The highest BCUT2D eigenvalue weighted by Crippen LogP contribution is 2.37. The lowest BCUT2D eigenvalue weighted by atomic mass is 10.1. The average molecular weight is 359 g/mol. The zero-order chi connectivity index (χ0) is 13.4. The van der Waals surface area contributed by atoms with E-state index < -0.39 is 0 Å². The lowest BCUT2D eigenvalue weighted by Gasteiger charge is -2.15. The summed E-state index contributed by atoms with van der Waals surface area (Å²) in [5.74, 6) is 8.13. The van der Waals surface area contributed by atoms with Crippen molar-refractivity contribution < 1.29 is 0 Å². The molecule has 1 unspecified atom stereocenters. The minimum Gasteiger partial charge on any atom is -0.270 e. The molecule has 0 amide bonds. The number of nitrogens with zero attached hydrogens (tertiary/aromatic N) is 2. The Morgan fingerprint density at radius 3 is 3.05 bits per heavy atom. The molecule has 1 aliphatic heterocycles. The van der Waals surface area contributed by atoms with E-state index in [0.717, 1.165) is 15.9 Å². The van der Waals surface area contributed by atoms with Crippen molar-refractivity contribution in [1.29, 1.82) is 0 Å². The van der Waals surface area contributed by atoms with Crippen LogP contribution in [0, 0.1) is 0 Å². The van der Waals surface area contributed by atoms with Crippen LogP contribution in [0.3, 0.4) is 0 Å². The first-order chi connectivity index (χ1) is 9.20. The van der Waals surface area contributed by atoms with Gasteiger partial charge in [0, 0.05) is 22.6 Å². The fourth-order valence-electron chi connectivity index (χ4n) is 2.35. The Morgan fingerprint density at radius 1 is 1.58 bits per heavy atom. The molecule has 102 valence electrons. The van der Waals surface area contributed by atoms with E-state index >= 15 is 0 Å². The Kier molecular flexibility index (Phi) is 4.00. The number of thiophene rings is 1. The summed E-state index contributed by atoms with van der Waals surface area (Å²) in [6.07, 6.45) is 2.98. The molecule has 0 bridgehead atoms. The highest BCUT2D eigenvalue weighted by Gasteiger charge is 2.24. The SMILES string of the molecule is Cn1ncc(Br)c1C(NN)c1cc2c(s1)CCSC2. The summed E-state index contributed by atoms with van der Waals surface area (Å²) < 4.78 is 2.85. The topological polar surface area (TPSA) is 55.9 Å². The van der Waals surface area contributed by atoms with Crippen LogP contribution in [-0.4, -0.2) is 15.5 Å². The number of hydrazine groups is 1. The minimum atomic E-state index is -0.0116. The van der Waals surface area contributed by atoms with Crippen LogP contribution >= 0.6 is 39.0 Å². The van der Waals surface area contributed by atoms with Gasteiger partial charge >= 0.3 is 0 Å². The standard InChI is InChI=1S/C12H15BrN4S2/c1-17-12(8(13)5-15-17)11(16-14)10-4-7-6-18-3-2-9(7)19-10/h4-5,11,16H,2-3,6,14H2,1H3. The van der Waals surface area contributed by atoms with E-state index in [0.29, 0.717) is 0 Å². The predicted octanol–water partition coefficient (Wildman–Crippen LogP) is 2.59. The van der Waals surface area contributed by atoms with E-state index in [1.54, 1.807) is 0 Å². The van der Waals surface area contributed by atoms with Gasteiger partial charge in [0.25, 0.3) is 0 Å². The van der Waals surface area contributed by atoms with Crippen molar-refractivity contribution in [2.24, 2.45) is 12.9 Å². The number of aryl methyl sites for hydroxylation is 2. The lowest BCUT2D eigenvalue weighted by Crippen LogP contribution is -2.30. The number of hydrogen-bond donors (Lipinski definition) is 2. The molecular formula is C12H15BrN4S2. The van der Waals surface area contributed by atoms with Gasteiger partial charge in [0.05, 0.1) is 22.4 Å². The second-order valence-electron chi connectivity index (χ2n) is 4.50. The Labute approximate surface area is 128 Å². The first kappa shape index (κ1) is 13.6. The molecule has 3 N–H and O–H groups in total. The normalized spacial score (nSPS) is 16.4. The van der Waals surface area contributed by atoms with E-state index in [1.807, 2.05) is 41.0 Å². The van der Waals surface area contributed by atoms with Gasteiger partial charge in [-0.15, -0.1) is 11.3 Å². The molecule has 1 aliphatic rings. The van der Waals surface area contributed by atoms with Crippen LogP contribution in [0.2, 0.25) is 0 Å². The molecule has 0 radical (unpaired) electrons. The van der Waals surface area contributed by atoms with E-state index in [1.165, 1.54) is 27.5 Å². The second kappa shape index (κ2) is 5.57. The molecule has 4 nitrogen and oxygen atoms in total. The number of aromatic nitrogens is 2. The molecule has 1 atom stereocenters. The van der Waals surface area contributed by atoms with Gasteiger partial charge in [-0.2, -0.15) is 16.9 Å². The van der Waals surface area contributed by atoms with Gasteiger partial charge < -0.3 is 0 Å². The first-order valence-electron chi connectivity index (χ1n) is 6.03. The Morgan fingerprint density at radius 2 is 2.42 bits per heavy atom. The summed E-state index contributed by atoms with van der Waals surface area (Å²) in [7, 11) is 1.94. The molecule has 19 heavy (non-hydrogen) atoms. The lowest BCUT2D eigenvalue weighted by molar-refractivity contribution is 0.580. The second-order valence-corrected chi connectivity index (χ2v) is 7.63. The molecule has 7 heteroatoms. The molecule has 0 fully saturated rings. The molecule has 0 aliphatic carbocycles. The Hall–Kier alpha value is -0.340. The van der Waals surface area contributed by atoms with Gasteiger partial charge in [-0.1, -0.05) is 0 Å². The summed E-state index contributed by atoms with van der Waals surface area (Å²) in [6.45, 7) is 0. The van der Waals surface area contributed by atoms with Crippen LogP contribution in [0.15, 0.2) is 16.7 Å². The third-order valence-electron chi connectivity index (χ3n) is 3.31. The first-order valence-corrected chi connectivity index (χ1v) is 8.80. The van der Waals surface area contributed by atoms with Crippen LogP contribution in [0.25, 0.3) is 0 Å². The molecular weight excluding hydrogens is 344 g/mol. The monoisotopic (exact) mass is 358 g/mol. The molecule has 3 heterocycles. The maximum absolute atomic E-state index is 5.78. The number of fused-ring (bicyclic) bond motifs is 1. The molecule has 0 saturated carbocycles. The van der Waals surface area contributed by atoms with Gasteiger partial charge in [-0.3, -0.25) is 10.5 Å². The number of halogens is 1. The van der Waals surface area contributed by atoms with E-state index in [-0.39, 0.29) is 6.04 Å². The quantitative estimate of drug-likeness (QED) is 0.653. The third kappa shape index (κ3) is 2.50.